The van der Waals surface area contributed by atoms with Crippen molar-refractivity contribution in [3.8, 4) is 0 Å². The lowest BCUT2D eigenvalue weighted by Gasteiger charge is -2.44. The van der Waals surface area contributed by atoms with Crippen LogP contribution in [0, 0.1) is 12.3 Å². The van der Waals surface area contributed by atoms with Gasteiger partial charge < -0.3 is 0 Å². The van der Waals surface area contributed by atoms with E-state index in [0.717, 1.165) is 11.3 Å². The van der Waals surface area contributed by atoms with Crippen molar-refractivity contribution >= 4 is 35.1 Å². The molecule has 1 aromatic rings. The summed E-state index contributed by atoms with van der Waals surface area (Å²) in [5.41, 5.74) is -0.0141. The van der Waals surface area contributed by atoms with Crippen molar-refractivity contribution in [1.82, 2.24) is 5.32 Å². The van der Waals surface area contributed by atoms with E-state index in [-0.39, 0.29) is 0 Å². The smallest absolute Gasteiger partial charge is 0.276 e. The van der Waals surface area contributed by atoms with Gasteiger partial charge in [-0.3, -0.25) is 14.9 Å². The number of barbiturate groups is 1. The molecule has 1 aliphatic heterocycles. The number of urea groups is 1. The predicted octanol–water partition coefficient (Wildman–Crippen LogP) is 2.40. The first-order chi connectivity index (χ1) is 9.47. The van der Waals surface area contributed by atoms with E-state index in [2.05, 4.69) is 5.32 Å². The average Bonchev–Trinajstić information content (AvgIpc) is 2.30. The summed E-state index contributed by atoms with van der Waals surface area (Å²) in [7, 11) is 0. The van der Waals surface area contributed by atoms with Gasteiger partial charge in [0.15, 0.2) is 0 Å². The van der Waals surface area contributed by atoms with Crippen molar-refractivity contribution < 1.29 is 14.4 Å². The van der Waals surface area contributed by atoms with E-state index in [0.29, 0.717) is 29.1 Å². The van der Waals surface area contributed by atoms with Gasteiger partial charge in [-0.1, -0.05) is 30.2 Å². The molecule has 2 aliphatic rings. The number of imide groups is 2. The minimum Gasteiger partial charge on any atom is -0.276 e. The van der Waals surface area contributed by atoms with Gasteiger partial charge in [-0.2, -0.15) is 0 Å². The van der Waals surface area contributed by atoms with Gasteiger partial charge in [0.2, 0.25) is 5.91 Å². The summed E-state index contributed by atoms with van der Waals surface area (Å²) < 4.78 is 0. The molecule has 0 aromatic heterocycles. The number of nitrogens with zero attached hydrogens (tertiary/aromatic N) is 1. The number of halogens is 1. The molecule has 0 radical (unpaired) electrons. The van der Waals surface area contributed by atoms with Crippen molar-refractivity contribution in [3.63, 3.8) is 0 Å². The van der Waals surface area contributed by atoms with E-state index in [1.807, 2.05) is 0 Å². The monoisotopic (exact) mass is 292 g/mol. The van der Waals surface area contributed by atoms with Crippen molar-refractivity contribution in [2.75, 3.05) is 4.90 Å². The lowest BCUT2D eigenvalue weighted by atomic mass is 9.66. The van der Waals surface area contributed by atoms with Crippen LogP contribution in [0.4, 0.5) is 10.5 Å². The Balaban J connectivity index is 2.11. The summed E-state index contributed by atoms with van der Waals surface area (Å²) >= 11 is 6.13. The van der Waals surface area contributed by atoms with Crippen LogP contribution in [-0.2, 0) is 9.59 Å². The average molecular weight is 293 g/mol. The van der Waals surface area contributed by atoms with Gasteiger partial charge in [0.1, 0.15) is 5.41 Å². The minimum atomic E-state index is -1.08. The Morgan fingerprint density at radius 3 is 2.50 bits per heavy atom. The molecule has 1 spiro atoms. The number of anilines is 1. The number of hydrogen-bond donors (Lipinski definition) is 1. The first-order valence-corrected chi connectivity index (χ1v) is 6.80. The number of carbonyl (C=O) groups is 3. The number of benzene rings is 1. The molecule has 1 aliphatic carbocycles. The second kappa shape index (κ2) is 4.31. The molecule has 5 nitrogen and oxygen atoms in total. The summed E-state index contributed by atoms with van der Waals surface area (Å²) in [4.78, 5) is 37.7. The maximum Gasteiger partial charge on any atom is 0.335 e. The number of aryl methyl sites for hydroxylation is 1. The fourth-order valence-corrected chi connectivity index (χ4v) is 3.06. The zero-order valence-electron chi connectivity index (χ0n) is 10.9. The molecular formula is C14H13ClN2O3. The van der Waals surface area contributed by atoms with Gasteiger partial charge in [-0.05, 0) is 31.4 Å². The zero-order valence-corrected chi connectivity index (χ0v) is 11.7. The third-order valence-corrected chi connectivity index (χ3v) is 4.39. The topological polar surface area (TPSA) is 66.5 Å². The van der Waals surface area contributed by atoms with Crippen LogP contribution in [0.5, 0.6) is 0 Å². The van der Waals surface area contributed by atoms with Crippen LogP contribution in [0.25, 0.3) is 0 Å². The molecular weight excluding hydrogens is 280 g/mol. The number of nitrogens with one attached hydrogen (secondary N) is 1. The Morgan fingerprint density at radius 1 is 1.25 bits per heavy atom. The normalized spacial score (nSPS) is 20.9. The van der Waals surface area contributed by atoms with E-state index in [1.54, 1.807) is 25.1 Å². The molecule has 1 heterocycles. The van der Waals surface area contributed by atoms with Gasteiger partial charge in [0.05, 0.1) is 10.7 Å². The molecule has 2 fully saturated rings. The Hall–Kier alpha value is -1.88. The SMILES string of the molecule is Cc1cccc(Cl)c1N1C(=O)NC(=O)C2(CCC2)C1=O. The number of carbonyl (C=O) groups excluding carboxylic acids is 3. The van der Waals surface area contributed by atoms with Crippen LogP contribution in [0.2, 0.25) is 5.02 Å². The minimum absolute atomic E-state index is 0.317. The van der Waals surface area contributed by atoms with Crippen LogP contribution in [0.1, 0.15) is 24.8 Å². The first-order valence-electron chi connectivity index (χ1n) is 6.42. The molecule has 104 valence electrons. The number of rotatable bonds is 1. The van der Waals surface area contributed by atoms with E-state index in [9.17, 15) is 14.4 Å². The molecule has 1 saturated heterocycles. The highest BCUT2D eigenvalue weighted by Crippen LogP contribution is 2.46. The van der Waals surface area contributed by atoms with Gasteiger partial charge >= 0.3 is 6.03 Å². The lowest BCUT2D eigenvalue weighted by Crippen LogP contribution is -2.66. The fourth-order valence-electron chi connectivity index (χ4n) is 2.76. The Kier molecular flexibility index (Phi) is 2.83. The fraction of sp³-hybridized carbons (Fsp3) is 0.357. The Morgan fingerprint density at radius 2 is 1.95 bits per heavy atom. The predicted molar refractivity (Wildman–Crippen MR) is 73.5 cm³/mol. The second-order valence-corrected chi connectivity index (χ2v) is 5.65. The largest absolute Gasteiger partial charge is 0.335 e. The molecule has 1 aromatic carbocycles. The third-order valence-electron chi connectivity index (χ3n) is 4.09. The molecule has 3 rings (SSSR count). The van der Waals surface area contributed by atoms with E-state index >= 15 is 0 Å². The van der Waals surface area contributed by atoms with E-state index in [1.165, 1.54) is 0 Å². The summed E-state index contributed by atoms with van der Waals surface area (Å²) in [5.74, 6) is -0.951. The maximum atomic E-state index is 12.6. The number of para-hydroxylation sites is 1. The van der Waals surface area contributed by atoms with Gasteiger partial charge in [-0.15, -0.1) is 0 Å². The summed E-state index contributed by atoms with van der Waals surface area (Å²) in [6.07, 6.45) is 1.76. The van der Waals surface area contributed by atoms with Crippen molar-refractivity contribution in [2.24, 2.45) is 5.41 Å². The second-order valence-electron chi connectivity index (χ2n) is 5.24. The van der Waals surface area contributed by atoms with Crippen LogP contribution >= 0.6 is 11.6 Å². The molecule has 6 heteroatoms. The quantitative estimate of drug-likeness (QED) is 0.808. The molecule has 20 heavy (non-hydrogen) atoms. The van der Waals surface area contributed by atoms with Gasteiger partial charge in [0, 0.05) is 0 Å². The van der Waals surface area contributed by atoms with E-state index < -0.39 is 23.3 Å². The Bertz CT molecular complexity index is 617. The molecule has 4 amide bonds. The first kappa shape index (κ1) is 13.1. The number of amides is 4. The lowest BCUT2D eigenvalue weighted by molar-refractivity contribution is -0.148. The van der Waals surface area contributed by atoms with Crippen molar-refractivity contribution in [3.05, 3.63) is 28.8 Å². The van der Waals surface area contributed by atoms with Gasteiger partial charge in [-0.25, -0.2) is 9.69 Å². The van der Waals surface area contributed by atoms with Crippen LogP contribution < -0.4 is 10.2 Å². The highest BCUT2D eigenvalue weighted by Gasteiger charge is 2.58. The number of hydrogen-bond acceptors (Lipinski definition) is 3. The molecule has 1 N–H and O–H groups in total. The van der Waals surface area contributed by atoms with Crippen LogP contribution in [-0.4, -0.2) is 17.8 Å². The highest BCUT2D eigenvalue weighted by atomic mass is 35.5. The summed E-state index contributed by atoms with van der Waals surface area (Å²) in [6.45, 7) is 1.77. The van der Waals surface area contributed by atoms with Crippen molar-refractivity contribution in [1.29, 1.82) is 0 Å². The van der Waals surface area contributed by atoms with E-state index in [4.69, 9.17) is 11.6 Å². The maximum absolute atomic E-state index is 12.6. The summed E-state index contributed by atoms with van der Waals surface area (Å²) in [5, 5.41) is 2.59. The Labute approximate surface area is 120 Å². The molecule has 0 unspecified atom stereocenters. The zero-order chi connectivity index (χ0) is 14.5. The van der Waals surface area contributed by atoms with Gasteiger partial charge in [0.25, 0.3) is 5.91 Å². The highest BCUT2D eigenvalue weighted by molar-refractivity contribution is 6.37. The van der Waals surface area contributed by atoms with Crippen LogP contribution in [0.15, 0.2) is 18.2 Å². The molecule has 0 bridgehead atoms. The summed E-state index contributed by atoms with van der Waals surface area (Å²) in [6, 6.07) is 4.41. The standard InChI is InChI=1S/C14H13ClN2O3/c1-8-4-2-5-9(15)10(8)17-12(19)14(6-3-7-14)11(18)16-13(17)20/h2,4-5H,3,6-7H2,1H3,(H,16,18,20). The molecule has 0 atom stereocenters. The van der Waals surface area contributed by atoms with Crippen LogP contribution in [0.3, 0.4) is 0 Å². The third kappa shape index (κ3) is 1.59. The molecule has 1 saturated carbocycles. The van der Waals surface area contributed by atoms with Crippen molar-refractivity contribution in [2.45, 2.75) is 26.2 Å².